The Kier molecular flexibility index (Phi) is 4.50. The number of fused-ring (bicyclic) bond motifs is 5. The minimum Gasteiger partial charge on any atom is -0.370 e. The first-order chi connectivity index (χ1) is 14.2. The van der Waals surface area contributed by atoms with Crippen molar-refractivity contribution >= 4 is 33.2 Å². The van der Waals surface area contributed by atoms with Crippen LogP contribution in [0.5, 0.6) is 0 Å². The highest BCUT2D eigenvalue weighted by Crippen LogP contribution is 2.33. The average Bonchev–Trinajstić information content (AvgIpc) is 3.38. The number of rotatable bonds is 3. The monoisotopic (exact) mass is 411 g/mol. The van der Waals surface area contributed by atoms with Crippen LogP contribution in [0.3, 0.4) is 0 Å². The second-order valence-electron chi connectivity index (χ2n) is 9.30. The van der Waals surface area contributed by atoms with Gasteiger partial charge in [0.15, 0.2) is 0 Å². The Morgan fingerprint density at radius 3 is 2.83 bits per heavy atom. The first kappa shape index (κ1) is 18.1. The highest BCUT2D eigenvalue weighted by Gasteiger charge is 2.36. The third kappa shape index (κ3) is 3.23. The summed E-state index contributed by atoms with van der Waals surface area (Å²) in [6, 6.07) is 7.43. The first-order valence-corrected chi connectivity index (χ1v) is 11.9. The number of carbonyl (C=O) groups excluding carboxylic acids is 1. The standard InChI is InChI=1S/C22H29N5OS/c28-22(24-19-12-26-8-5-14(19)6-9-26)21-17-4-3-16(10-20(17)29-25-21)27-11-15-2-1-7-23-18(15)13-27/h3-4,10,14-15,18-19,23H,1-2,5-9,11-13H2,(H,24,28)/t15?,18?,19-/m0/s1. The lowest BCUT2D eigenvalue weighted by Crippen LogP contribution is -2.57. The van der Waals surface area contributed by atoms with E-state index >= 15 is 0 Å². The summed E-state index contributed by atoms with van der Waals surface area (Å²) < 4.78 is 5.66. The molecule has 29 heavy (non-hydrogen) atoms. The van der Waals surface area contributed by atoms with E-state index in [0.717, 1.165) is 42.2 Å². The highest BCUT2D eigenvalue weighted by atomic mass is 32.1. The van der Waals surface area contributed by atoms with Crippen LogP contribution in [0, 0.1) is 11.8 Å². The Hall–Kier alpha value is -1.70. The summed E-state index contributed by atoms with van der Waals surface area (Å²) in [5.41, 5.74) is 1.87. The fourth-order valence-corrected chi connectivity index (χ4v) is 6.72. The first-order valence-electron chi connectivity index (χ1n) is 11.2. The maximum atomic E-state index is 13.0. The lowest BCUT2D eigenvalue weighted by molar-refractivity contribution is 0.0619. The molecule has 0 spiro atoms. The number of hydrogen-bond donors (Lipinski definition) is 2. The van der Waals surface area contributed by atoms with Crippen LogP contribution in [0.1, 0.15) is 36.2 Å². The third-order valence-corrected chi connectivity index (χ3v) is 8.42. The molecule has 3 atom stereocenters. The van der Waals surface area contributed by atoms with Gasteiger partial charge in [-0.15, -0.1) is 0 Å². The Morgan fingerprint density at radius 1 is 1.14 bits per heavy atom. The van der Waals surface area contributed by atoms with Crippen molar-refractivity contribution in [2.24, 2.45) is 11.8 Å². The van der Waals surface area contributed by atoms with Crippen LogP contribution in [-0.4, -0.2) is 66.5 Å². The second kappa shape index (κ2) is 7.22. The molecule has 154 valence electrons. The van der Waals surface area contributed by atoms with Crippen molar-refractivity contribution in [2.45, 2.75) is 37.8 Å². The minimum absolute atomic E-state index is 0.000794. The molecule has 1 amide bonds. The molecule has 0 aliphatic carbocycles. The summed E-state index contributed by atoms with van der Waals surface area (Å²) in [6.45, 7) is 6.74. The van der Waals surface area contributed by atoms with Gasteiger partial charge in [0.05, 0.1) is 4.70 Å². The molecule has 2 unspecified atom stereocenters. The number of amides is 1. The van der Waals surface area contributed by atoms with Gasteiger partial charge in [-0.1, -0.05) is 0 Å². The largest absolute Gasteiger partial charge is 0.370 e. The molecule has 2 bridgehead atoms. The minimum atomic E-state index is -0.000794. The Morgan fingerprint density at radius 2 is 2.03 bits per heavy atom. The number of hydrogen-bond acceptors (Lipinski definition) is 6. The summed E-state index contributed by atoms with van der Waals surface area (Å²) in [5.74, 6) is 1.40. The van der Waals surface area contributed by atoms with Crippen molar-refractivity contribution in [3.63, 3.8) is 0 Å². The van der Waals surface area contributed by atoms with Crippen LogP contribution in [0.4, 0.5) is 5.69 Å². The Labute approximate surface area is 175 Å². The van der Waals surface area contributed by atoms with E-state index in [1.807, 2.05) is 0 Å². The summed E-state index contributed by atoms with van der Waals surface area (Å²) in [5, 5.41) is 7.97. The lowest BCUT2D eigenvalue weighted by Gasteiger charge is -2.44. The lowest BCUT2D eigenvalue weighted by atomic mass is 9.84. The number of carbonyl (C=O) groups is 1. The molecule has 6 nitrogen and oxygen atoms in total. The number of anilines is 1. The van der Waals surface area contributed by atoms with Crippen LogP contribution >= 0.6 is 11.5 Å². The quantitative estimate of drug-likeness (QED) is 0.812. The maximum absolute atomic E-state index is 13.0. The Balaban J connectivity index is 1.19. The molecular formula is C22H29N5OS. The van der Waals surface area contributed by atoms with Gasteiger partial charge in [0.2, 0.25) is 0 Å². The number of nitrogens with zero attached hydrogens (tertiary/aromatic N) is 3. The van der Waals surface area contributed by atoms with Crippen molar-refractivity contribution in [1.82, 2.24) is 19.9 Å². The van der Waals surface area contributed by atoms with E-state index in [9.17, 15) is 4.79 Å². The van der Waals surface area contributed by atoms with Crippen molar-refractivity contribution in [1.29, 1.82) is 0 Å². The van der Waals surface area contributed by atoms with Crippen molar-refractivity contribution < 1.29 is 4.79 Å². The molecule has 1 aromatic heterocycles. The van der Waals surface area contributed by atoms with E-state index in [2.05, 4.69) is 43.0 Å². The van der Waals surface area contributed by atoms with E-state index in [4.69, 9.17) is 0 Å². The molecule has 5 saturated heterocycles. The zero-order valence-electron chi connectivity index (χ0n) is 16.8. The maximum Gasteiger partial charge on any atom is 0.271 e. The zero-order chi connectivity index (χ0) is 19.4. The van der Waals surface area contributed by atoms with Gasteiger partial charge >= 0.3 is 0 Å². The van der Waals surface area contributed by atoms with Gasteiger partial charge in [0.25, 0.3) is 5.91 Å². The molecule has 1 aromatic carbocycles. The fourth-order valence-electron chi connectivity index (χ4n) is 5.91. The van der Waals surface area contributed by atoms with Crippen LogP contribution in [-0.2, 0) is 0 Å². The average molecular weight is 412 g/mol. The molecule has 7 rings (SSSR count). The van der Waals surface area contributed by atoms with E-state index in [-0.39, 0.29) is 11.9 Å². The van der Waals surface area contributed by atoms with E-state index < -0.39 is 0 Å². The molecule has 2 N–H and O–H groups in total. The summed E-state index contributed by atoms with van der Waals surface area (Å²) in [4.78, 5) is 17.9. The van der Waals surface area contributed by atoms with Gasteiger partial charge in [-0.25, -0.2) is 0 Å². The normalized spacial score (nSPS) is 33.8. The van der Waals surface area contributed by atoms with Crippen LogP contribution < -0.4 is 15.5 Å². The predicted octanol–water partition coefficient (Wildman–Crippen LogP) is 2.31. The Bertz CT molecular complexity index is 907. The summed E-state index contributed by atoms with van der Waals surface area (Å²) in [7, 11) is 0. The molecule has 5 aliphatic rings. The van der Waals surface area contributed by atoms with E-state index in [1.165, 1.54) is 56.0 Å². The van der Waals surface area contributed by atoms with Crippen LogP contribution in [0.2, 0.25) is 0 Å². The van der Waals surface area contributed by atoms with Crippen LogP contribution in [0.25, 0.3) is 10.1 Å². The zero-order valence-corrected chi connectivity index (χ0v) is 17.6. The van der Waals surface area contributed by atoms with Gasteiger partial charge in [-0.05, 0) is 86.9 Å². The molecule has 6 heterocycles. The fraction of sp³-hybridized carbons (Fsp3) is 0.636. The molecule has 2 aromatic rings. The van der Waals surface area contributed by atoms with Crippen molar-refractivity contribution in [2.75, 3.05) is 44.2 Å². The number of aromatic nitrogens is 1. The molecule has 7 heteroatoms. The van der Waals surface area contributed by atoms with Gasteiger partial charge < -0.3 is 20.4 Å². The molecule has 5 aliphatic heterocycles. The molecule has 0 saturated carbocycles. The highest BCUT2D eigenvalue weighted by molar-refractivity contribution is 7.13. The molecular weight excluding hydrogens is 382 g/mol. The molecule has 5 fully saturated rings. The van der Waals surface area contributed by atoms with Crippen LogP contribution in [0.15, 0.2) is 18.2 Å². The van der Waals surface area contributed by atoms with E-state index in [0.29, 0.717) is 17.7 Å². The van der Waals surface area contributed by atoms with Gasteiger partial charge in [-0.3, -0.25) is 4.79 Å². The second-order valence-corrected chi connectivity index (χ2v) is 10.1. The third-order valence-electron chi connectivity index (χ3n) is 7.61. The summed E-state index contributed by atoms with van der Waals surface area (Å²) >= 11 is 1.45. The van der Waals surface area contributed by atoms with Gasteiger partial charge in [-0.2, -0.15) is 4.37 Å². The smallest absolute Gasteiger partial charge is 0.271 e. The van der Waals surface area contributed by atoms with E-state index in [1.54, 1.807) is 0 Å². The number of benzene rings is 1. The molecule has 0 radical (unpaired) electrons. The van der Waals surface area contributed by atoms with Gasteiger partial charge in [0, 0.05) is 42.8 Å². The van der Waals surface area contributed by atoms with Gasteiger partial charge in [0.1, 0.15) is 5.69 Å². The SMILES string of the molecule is O=C(N[C@H]1CN2CCC1CC2)c1nsc2cc(N3CC4CCCNC4C3)ccc12. The van der Waals surface area contributed by atoms with Crippen molar-refractivity contribution in [3.05, 3.63) is 23.9 Å². The topological polar surface area (TPSA) is 60.5 Å². The number of piperidine rings is 4. The van der Waals surface area contributed by atoms with Crippen molar-refractivity contribution in [3.8, 4) is 0 Å². The number of nitrogens with one attached hydrogen (secondary N) is 2. The summed E-state index contributed by atoms with van der Waals surface area (Å²) in [6.07, 6.45) is 5.04. The predicted molar refractivity (Wildman–Crippen MR) is 117 cm³/mol.